The molecule has 1 aromatic carbocycles. The molecule has 1 unspecified atom stereocenters. The molecule has 0 aliphatic carbocycles. The zero-order chi connectivity index (χ0) is 23.9. The quantitative estimate of drug-likeness (QED) is 0.381. The van der Waals surface area contributed by atoms with Gasteiger partial charge in [0.05, 0.1) is 23.3 Å². The number of nitrogens with zero attached hydrogens (tertiary/aromatic N) is 5. The van der Waals surface area contributed by atoms with E-state index in [1.807, 2.05) is 43.3 Å². The van der Waals surface area contributed by atoms with Gasteiger partial charge in [0.1, 0.15) is 11.4 Å². The number of carbonyl (C=O) groups excluding carboxylic acids is 1. The molecule has 1 aliphatic heterocycles. The topological polar surface area (TPSA) is 110 Å². The number of carbonyl (C=O) groups is 1. The number of aryl methyl sites for hydroxylation is 1. The Hall–Kier alpha value is -4.53. The van der Waals surface area contributed by atoms with Crippen LogP contribution >= 0.6 is 0 Å². The molecule has 9 nitrogen and oxygen atoms in total. The molecule has 35 heavy (non-hydrogen) atoms. The molecule has 1 fully saturated rings. The monoisotopic (exact) mass is 466 g/mol. The number of benzene rings is 1. The molecular weight excluding hydrogens is 444 g/mol. The van der Waals surface area contributed by atoms with E-state index in [2.05, 4.69) is 25.1 Å². The lowest BCUT2D eigenvalue weighted by atomic mass is 10.1. The maximum Gasteiger partial charge on any atom is 0.229 e. The number of hydrogen-bond donors (Lipinski definition) is 1. The van der Waals surface area contributed by atoms with Crippen molar-refractivity contribution in [2.75, 3.05) is 11.4 Å². The summed E-state index contributed by atoms with van der Waals surface area (Å²) in [4.78, 5) is 31.2. The third-order valence-electron chi connectivity index (χ3n) is 6.13. The van der Waals surface area contributed by atoms with Crippen molar-refractivity contribution < 1.29 is 14.1 Å². The highest BCUT2D eigenvalue weighted by Gasteiger charge is 2.31. The molecule has 4 aromatic heterocycles. The lowest BCUT2D eigenvalue weighted by Crippen LogP contribution is -2.26. The van der Waals surface area contributed by atoms with Crippen LogP contribution in [0.4, 0.5) is 5.69 Å². The van der Waals surface area contributed by atoms with Crippen LogP contribution in [0, 0.1) is 12.8 Å². The highest BCUT2D eigenvalue weighted by molar-refractivity contribution is 6.01. The van der Waals surface area contributed by atoms with Crippen LogP contribution in [0.1, 0.15) is 19.2 Å². The highest BCUT2D eigenvalue weighted by atomic mass is 16.5. The number of aromatic nitrogens is 5. The Bertz CT molecular complexity index is 1520. The summed E-state index contributed by atoms with van der Waals surface area (Å²) < 4.78 is 11.3. The van der Waals surface area contributed by atoms with Gasteiger partial charge in [-0.3, -0.25) is 9.78 Å². The van der Waals surface area contributed by atoms with Gasteiger partial charge in [0.2, 0.25) is 17.6 Å². The summed E-state index contributed by atoms with van der Waals surface area (Å²) in [6.07, 6.45) is 4.18. The number of amides is 1. The molecule has 5 heterocycles. The number of pyridine rings is 2. The molecule has 1 N–H and O–H groups in total. The third kappa shape index (κ3) is 3.90. The summed E-state index contributed by atoms with van der Waals surface area (Å²) in [5.41, 5.74) is 3.95. The molecule has 1 amide bonds. The molecule has 0 bridgehead atoms. The van der Waals surface area contributed by atoms with Gasteiger partial charge in [-0.15, -0.1) is 0 Å². The van der Waals surface area contributed by atoms with Crippen molar-refractivity contribution in [2.45, 2.75) is 20.3 Å². The van der Waals surface area contributed by atoms with Gasteiger partial charge >= 0.3 is 0 Å². The summed E-state index contributed by atoms with van der Waals surface area (Å²) in [7, 11) is 0. The van der Waals surface area contributed by atoms with Crippen molar-refractivity contribution in [3.8, 4) is 34.4 Å². The van der Waals surface area contributed by atoms with Gasteiger partial charge < -0.3 is 19.1 Å². The maximum absolute atomic E-state index is 12.9. The molecule has 9 heteroatoms. The summed E-state index contributed by atoms with van der Waals surface area (Å²) in [5.74, 6) is 2.08. The van der Waals surface area contributed by atoms with Crippen LogP contribution in [0.15, 0.2) is 65.4 Å². The van der Waals surface area contributed by atoms with E-state index >= 15 is 0 Å². The fraction of sp³-hybridized carbons (Fsp3) is 0.192. The second-order valence-corrected chi connectivity index (χ2v) is 8.60. The summed E-state index contributed by atoms with van der Waals surface area (Å²) in [5, 5.41) is 4.86. The number of H-pyrrole nitrogens is 1. The second kappa shape index (κ2) is 8.35. The lowest BCUT2D eigenvalue weighted by Gasteiger charge is -2.20. The van der Waals surface area contributed by atoms with E-state index in [4.69, 9.17) is 9.26 Å². The fourth-order valence-corrected chi connectivity index (χ4v) is 4.27. The zero-order valence-electron chi connectivity index (χ0n) is 19.2. The average Bonchev–Trinajstić information content (AvgIpc) is 3.59. The van der Waals surface area contributed by atoms with Gasteiger partial charge in [0.15, 0.2) is 5.75 Å². The van der Waals surface area contributed by atoms with Crippen molar-refractivity contribution in [3.63, 3.8) is 0 Å². The molecule has 1 aliphatic rings. The first kappa shape index (κ1) is 21.0. The molecule has 1 atom stereocenters. The largest absolute Gasteiger partial charge is 0.454 e. The Morgan fingerprint density at radius 2 is 2.03 bits per heavy atom. The molecule has 1 saturated heterocycles. The number of rotatable bonds is 5. The van der Waals surface area contributed by atoms with Gasteiger partial charge in [0, 0.05) is 36.5 Å². The van der Waals surface area contributed by atoms with E-state index in [9.17, 15) is 4.79 Å². The number of aromatic amines is 1. The summed E-state index contributed by atoms with van der Waals surface area (Å²) >= 11 is 0. The third-order valence-corrected chi connectivity index (χ3v) is 6.13. The number of hydrogen-bond acceptors (Lipinski definition) is 7. The predicted molar refractivity (Wildman–Crippen MR) is 130 cm³/mol. The maximum atomic E-state index is 12.9. The fourth-order valence-electron chi connectivity index (χ4n) is 4.27. The Kier molecular flexibility index (Phi) is 5.02. The van der Waals surface area contributed by atoms with Crippen LogP contribution < -0.4 is 9.64 Å². The standard InChI is InChI=1S/C26H22N6O3/c1-15-8-10-32(26(15)33)23-13-21-17(11-22(30-21)19-5-3-4-9-27-19)12-24(23)34-18-6-7-20(28-14-18)25-29-16(2)35-31-25/h3-7,9,11-15,30H,8,10H2,1-2H3. The Morgan fingerprint density at radius 3 is 2.71 bits per heavy atom. The average molecular weight is 467 g/mol. The summed E-state index contributed by atoms with van der Waals surface area (Å²) in [6.45, 7) is 4.33. The Balaban J connectivity index is 1.39. The minimum atomic E-state index is -0.0226. The Morgan fingerprint density at radius 1 is 1.11 bits per heavy atom. The van der Waals surface area contributed by atoms with E-state index in [-0.39, 0.29) is 11.8 Å². The number of nitrogens with one attached hydrogen (secondary N) is 1. The number of fused-ring (bicyclic) bond motifs is 1. The smallest absolute Gasteiger partial charge is 0.229 e. The minimum Gasteiger partial charge on any atom is -0.454 e. The van der Waals surface area contributed by atoms with Crippen LogP contribution in [-0.2, 0) is 4.79 Å². The van der Waals surface area contributed by atoms with Crippen LogP contribution in [-0.4, -0.2) is 37.5 Å². The van der Waals surface area contributed by atoms with Crippen LogP contribution in [0.3, 0.4) is 0 Å². The minimum absolute atomic E-state index is 0.0226. The number of ether oxygens (including phenoxy) is 1. The van der Waals surface area contributed by atoms with E-state index in [0.29, 0.717) is 35.5 Å². The molecule has 0 spiro atoms. The molecular formula is C26H22N6O3. The van der Waals surface area contributed by atoms with Crippen LogP contribution in [0.5, 0.6) is 11.5 Å². The van der Waals surface area contributed by atoms with Crippen LogP contribution in [0.25, 0.3) is 33.8 Å². The lowest BCUT2D eigenvalue weighted by molar-refractivity contribution is -0.119. The van der Waals surface area contributed by atoms with Crippen molar-refractivity contribution in [3.05, 3.63) is 66.8 Å². The van der Waals surface area contributed by atoms with E-state index in [1.165, 1.54) is 0 Å². The second-order valence-electron chi connectivity index (χ2n) is 8.60. The van der Waals surface area contributed by atoms with Crippen molar-refractivity contribution in [1.29, 1.82) is 0 Å². The van der Waals surface area contributed by atoms with Crippen molar-refractivity contribution in [2.24, 2.45) is 5.92 Å². The zero-order valence-corrected chi connectivity index (χ0v) is 19.2. The van der Waals surface area contributed by atoms with Gasteiger partial charge in [-0.1, -0.05) is 18.1 Å². The normalized spacial score (nSPS) is 15.8. The van der Waals surface area contributed by atoms with Crippen LogP contribution in [0.2, 0.25) is 0 Å². The summed E-state index contributed by atoms with van der Waals surface area (Å²) in [6, 6.07) is 15.3. The molecule has 5 aromatic rings. The SMILES string of the molecule is Cc1nc(-c2ccc(Oc3cc4cc(-c5ccccn5)[nH]c4cc3N3CCC(C)C3=O)cn2)no1. The van der Waals surface area contributed by atoms with Gasteiger partial charge in [-0.2, -0.15) is 4.98 Å². The van der Waals surface area contributed by atoms with Crippen molar-refractivity contribution in [1.82, 2.24) is 25.1 Å². The number of anilines is 1. The molecule has 0 radical (unpaired) electrons. The molecule has 0 saturated carbocycles. The molecule has 174 valence electrons. The first-order valence-corrected chi connectivity index (χ1v) is 11.4. The van der Waals surface area contributed by atoms with E-state index < -0.39 is 0 Å². The highest BCUT2D eigenvalue weighted by Crippen LogP contribution is 2.40. The first-order valence-electron chi connectivity index (χ1n) is 11.4. The first-order chi connectivity index (χ1) is 17.0. The van der Waals surface area contributed by atoms with Gasteiger partial charge in [0.25, 0.3) is 0 Å². The predicted octanol–water partition coefficient (Wildman–Crippen LogP) is 5.15. The molecule has 6 rings (SSSR count). The van der Waals surface area contributed by atoms with E-state index in [0.717, 1.165) is 34.4 Å². The van der Waals surface area contributed by atoms with Gasteiger partial charge in [-0.05, 0) is 48.9 Å². The van der Waals surface area contributed by atoms with Gasteiger partial charge in [-0.25, -0.2) is 4.98 Å². The van der Waals surface area contributed by atoms with Crippen molar-refractivity contribution >= 4 is 22.5 Å². The Labute approximate surface area is 200 Å². The van der Waals surface area contributed by atoms with E-state index in [1.54, 1.807) is 36.4 Å².